The van der Waals surface area contributed by atoms with E-state index >= 15 is 0 Å². The predicted octanol–water partition coefficient (Wildman–Crippen LogP) is 1.64. The summed E-state index contributed by atoms with van der Waals surface area (Å²) in [5.74, 6) is 1.62. The Bertz CT molecular complexity index is 809. The van der Waals surface area contributed by atoms with Gasteiger partial charge in [0.25, 0.3) is 5.91 Å². The number of anilines is 1. The molecule has 0 radical (unpaired) electrons. The molecule has 0 unspecified atom stereocenters. The standard InChI is InChI=1S/C16H16N6O2/c23-16(22-9-11(10-22)15-18-20-21-19-15)13-5-1-2-6-14(13)17-8-12-4-3-7-24-12/h1-7,11,17H,8-10H2,(H,18,19,20,21). The van der Waals surface area contributed by atoms with E-state index in [9.17, 15) is 4.79 Å². The van der Waals surface area contributed by atoms with Crippen LogP contribution in [0.1, 0.15) is 27.9 Å². The van der Waals surface area contributed by atoms with Crippen LogP contribution in [0.4, 0.5) is 5.69 Å². The van der Waals surface area contributed by atoms with E-state index in [1.807, 2.05) is 36.4 Å². The molecule has 1 amide bonds. The summed E-state index contributed by atoms with van der Waals surface area (Å²) >= 11 is 0. The fourth-order valence-electron chi connectivity index (χ4n) is 2.74. The summed E-state index contributed by atoms with van der Waals surface area (Å²) in [4.78, 5) is 14.5. The molecule has 1 fully saturated rings. The van der Waals surface area contributed by atoms with E-state index in [4.69, 9.17) is 4.42 Å². The Morgan fingerprint density at radius 1 is 1.29 bits per heavy atom. The highest BCUT2D eigenvalue weighted by Gasteiger charge is 2.35. The molecule has 1 aliphatic rings. The Hall–Kier alpha value is -3.16. The van der Waals surface area contributed by atoms with Crippen LogP contribution in [0.5, 0.6) is 0 Å². The minimum Gasteiger partial charge on any atom is -0.467 e. The molecule has 2 aromatic heterocycles. The van der Waals surface area contributed by atoms with Crippen molar-refractivity contribution < 1.29 is 9.21 Å². The Balaban J connectivity index is 1.43. The van der Waals surface area contributed by atoms with Gasteiger partial charge in [-0.05, 0) is 24.3 Å². The van der Waals surface area contributed by atoms with Gasteiger partial charge in [0.1, 0.15) is 5.76 Å². The Morgan fingerprint density at radius 3 is 2.92 bits per heavy atom. The van der Waals surface area contributed by atoms with E-state index in [1.165, 1.54) is 0 Å². The first-order chi connectivity index (χ1) is 11.8. The number of carbonyl (C=O) groups excluding carboxylic acids is 1. The first-order valence-electron chi connectivity index (χ1n) is 7.69. The average molecular weight is 324 g/mol. The number of para-hydroxylation sites is 1. The summed E-state index contributed by atoms with van der Waals surface area (Å²) in [6.45, 7) is 1.73. The third kappa shape index (κ3) is 2.73. The SMILES string of the molecule is O=C(c1ccccc1NCc1ccco1)N1CC(c2nn[nH]n2)C1. The van der Waals surface area contributed by atoms with Crippen molar-refractivity contribution in [2.75, 3.05) is 18.4 Å². The molecule has 24 heavy (non-hydrogen) atoms. The lowest BCUT2D eigenvalue weighted by Gasteiger charge is -2.37. The van der Waals surface area contributed by atoms with Gasteiger partial charge in [-0.3, -0.25) is 4.79 Å². The van der Waals surface area contributed by atoms with Crippen molar-refractivity contribution in [1.82, 2.24) is 25.5 Å². The lowest BCUT2D eigenvalue weighted by Crippen LogP contribution is -2.49. The topological polar surface area (TPSA) is 99.9 Å². The number of tetrazole rings is 1. The maximum Gasteiger partial charge on any atom is 0.255 e. The maximum absolute atomic E-state index is 12.7. The van der Waals surface area contributed by atoms with Crippen LogP contribution in [0, 0.1) is 0 Å². The van der Waals surface area contributed by atoms with Crippen molar-refractivity contribution in [3.63, 3.8) is 0 Å². The smallest absolute Gasteiger partial charge is 0.255 e. The van der Waals surface area contributed by atoms with Crippen LogP contribution in [0.2, 0.25) is 0 Å². The van der Waals surface area contributed by atoms with E-state index in [0.29, 0.717) is 31.0 Å². The van der Waals surface area contributed by atoms with Crippen molar-refractivity contribution in [2.24, 2.45) is 0 Å². The van der Waals surface area contributed by atoms with Gasteiger partial charge in [0.2, 0.25) is 0 Å². The van der Waals surface area contributed by atoms with Crippen molar-refractivity contribution >= 4 is 11.6 Å². The highest BCUT2D eigenvalue weighted by Crippen LogP contribution is 2.27. The van der Waals surface area contributed by atoms with Gasteiger partial charge in [-0.15, -0.1) is 10.2 Å². The van der Waals surface area contributed by atoms with E-state index < -0.39 is 0 Å². The predicted molar refractivity (Wildman–Crippen MR) is 85.3 cm³/mol. The third-order valence-corrected chi connectivity index (χ3v) is 4.09. The fraction of sp³-hybridized carbons (Fsp3) is 0.250. The fourth-order valence-corrected chi connectivity index (χ4v) is 2.74. The number of amides is 1. The molecule has 8 nitrogen and oxygen atoms in total. The molecule has 2 N–H and O–H groups in total. The molecule has 3 heterocycles. The number of hydrogen-bond acceptors (Lipinski definition) is 6. The molecule has 0 saturated carbocycles. The molecular weight excluding hydrogens is 308 g/mol. The van der Waals surface area contributed by atoms with Crippen LogP contribution in [0.25, 0.3) is 0 Å². The normalized spacial score (nSPS) is 14.4. The van der Waals surface area contributed by atoms with Gasteiger partial charge in [0.05, 0.1) is 24.3 Å². The van der Waals surface area contributed by atoms with Crippen LogP contribution in [0.15, 0.2) is 47.1 Å². The molecule has 1 saturated heterocycles. The number of benzene rings is 1. The van der Waals surface area contributed by atoms with Crippen molar-refractivity contribution in [3.8, 4) is 0 Å². The van der Waals surface area contributed by atoms with E-state index in [2.05, 4.69) is 25.9 Å². The Morgan fingerprint density at radius 2 is 2.17 bits per heavy atom. The lowest BCUT2D eigenvalue weighted by atomic mass is 9.98. The number of rotatable bonds is 5. The van der Waals surface area contributed by atoms with Crippen LogP contribution >= 0.6 is 0 Å². The largest absolute Gasteiger partial charge is 0.467 e. The molecule has 1 aromatic carbocycles. The van der Waals surface area contributed by atoms with Crippen LogP contribution < -0.4 is 5.32 Å². The van der Waals surface area contributed by atoms with E-state index in [1.54, 1.807) is 11.2 Å². The van der Waals surface area contributed by atoms with Crippen molar-refractivity contribution in [3.05, 3.63) is 59.8 Å². The molecule has 0 atom stereocenters. The minimum atomic E-state index is -0.00251. The molecule has 1 aliphatic heterocycles. The number of likely N-dealkylation sites (tertiary alicyclic amines) is 1. The summed E-state index contributed by atoms with van der Waals surface area (Å²) < 4.78 is 5.31. The number of aromatic amines is 1. The van der Waals surface area contributed by atoms with Gasteiger partial charge in [0, 0.05) is 18.8 Å². The summed E-state index contributed by atoms with van der Waals surface area (Å²) in [6.07, 6.45) is 1.63. The zero-order chi connectivity index (χ0) is 16.4. The summed E-state index contributed by atoms with van der Waals surface area (Å²) in [5, 5.41) is 17.2. The Kier molecular flexibility index (Phi) is 3.70. The van der Waals surface area contributed by atoms with Gasteiger partial charge in [-0.2, -0.15) is 5.21 Å². The molecule has 122 valence electrons. The van der Waals surface area contributed by atoms with Gasteiger partial charge in [-0.1, -0.05) is 17.3 Å². The van der Waals surface area contributed by atoms with Crippen molar-refractivity contribution in [2.45, 2.75) is 12.5 Å². The highest BCUT2D eigenvalue weighted by atomic mass is 16.3. The summed E-state index contributed by atoms with van der Waals surface area (Å²) in [7, 11) is 0. The summed E-state index contributed by atoms with van der Waals surface area (Å²) in [6, 6.07) is 11.2. The van der Waals surface area contributed by atoms with Gasteiger partial charge in [0.15, 0.2) is 5.82 Å². The molecule has 0 bridgehead atoms. The molecule has 0 spiro atoms. The van der Waals surface area contributed by atoms with Crippen LogP contribution in [-0.2, 0) is 6.54 Å². The third-order valence-electron chi connectivity index (χ3n) is 4.09. The summed E-state index contributed by atoms with van der Waals surface area (Å²) in [5.41, 5.74) is 1.44. The van der Waals surface area contributed by atoms with Crippen LogP contribution in [-0.4, -0.2) is 44.5 Å². The first-order valence-corrected chi connectivity index (χ1v) is 7.69. The number of nitrogens with zero attached hydrogens (tertiary/aromatic N) is 4. The number of furan rings is 1. The van der Waals surface area contributed by atoms with Crippen LogP contribution in [0.3, 0.4) is 0 Å². The molecule has 0 aliphatic carbocycles. The second-order valence-electron chi connectivity index (χ2n) is 5.66. The van der Waals surface area contributed by atoms with Gasteiger partial charge >= 0.3 is 0 Å². The van der Waals surface area contributed by atoms with E-state index in [0.717, 1.165) is 11.4 Å². The van der Waals surface area contributed by atoms with Gasteiger partial charge in [-0.25, -0.2) is 0 Å². The number of aromatic nitrogens is 4. The molecule has 3 aromatic rings. The average Bonchev–Trinajstić information content (AvgIpc) is 3.25. The second kappa shape index (κ2) is 6.15. The van der Waals surface area contributed by atoms with Gasteiger partial charge < -0.3 is 14.6 Å². The van der Waals surface area contributed by atoms with Crippen molar-refractivity contribution in [1.29, 1.82) is 0 Å². The quantitative estimate of drug-likeness (QED) is 0.740. The monoisotopic (exact) mass is 324 g/mol. The number of H-pyrrole nitrogens is 1. The second-order valence-corrected chi connectivity index (χ2v) is 5.66. The molecule has 8 heteroatoms. The zero-order valence-electron chi connectivity index (χ0n) is 12.8. The molecular formula is C16H16N6O2. The zero-order valence-corrected chi connectivity index (χ0v) is 12.8. The first kappa shape index (κ1) is 14.4. The number of carbonyl (C=O) groups is 1. The lowest BCUT2D eigenvalue weighted by molar-refractivity contribution is 0.0595. The maximum atomic E-state index is 12.7. The van der Waals surface area contributed by atoms with E-state index in [-0.39, 0.29) is 11.8 Å². The minimum absolute atomic E-state index is 0.00251. The number of nitrogens with one attached hydrogen (secondary N) is 2. The highest BCUT2D eigenvalue weighted by molar-refractivity contribution is 6.00. The Labute approximate surface area is 137 Å². The molecule has 4 rings (SSSR count). The number of hydrogen-bond donors (Lipinski definition) is 2.